The SMILES string of the molecule is COc1cc(N(C)C)c([N+](=O)[O-])cc1C(=O)NCCN1CCOCC1. The first-order valence-electron chi connectivity index (χ1n) is 8.06. The number of ether oxygens (including phenoxy) is 2. The molecule has 9 nitrogen and oxygen atoms in total. The highest BCUT2D eigenvalue weighted by Crippen LogP contribution is 2.34. The third-order valence-corrected chi connectivity index (χ3v) is 4.04. The van der Waals surface area contributed by atoms with Gasteiger partial charge < -0.3 is 19.7 Å². The lowest BCUT2D eigenvalue weighted by Gasteiger charge is -2.26. The molecule has 0 aliphatic carbocycles. The monoisotopic (exact) mass is 352 g/mol. The lowest BCUT2D eigenvalue weighted by molar-refractivity contribution is -0.384. The molecule has 0 radical (unpaired) electrons. The van der Waals surface area contributed by atoms with Gasteiger partial charge in [-0.3, -0.25) is 19.8 Å². The maximum Gasteiger partial charge on any atom is 0.293 e. The predicted octanol–water partition coefficient (Wildman–Crippen LogP) is 0.731. The molecule has 1 N–H and O–H groups in total. The number of nitro groups is 1. The van der Waals surface area contributed by atoms with Gasteiger partial charge in [0.05, 0.1) is 30.8 Å². The van der Waals surface area contributed by atoms with Crippen molar-refractivity contribution in [2.45, 2.75) is 0 Å². The van der Waals surface area contributed by atoms with Gasteiger partial charge in [0.1, 0.15) is 11.4 Å². The van der Waals surface area contributed by atoms with Crippen molar-refractivity contribution in [3.8, 4) is 5.75 Å². The zero-order valence-electron chi connectivity index (χ0n) is 14.8. The minimum Gasteiger partial charge on any atom is -0.496 e. The van der Waals surface area contributed by atoms with Crippen LogP contribution in [0, 0.1) is 10.1 Å². The molecule has 25 heavy (non-hydrogen) atoms. The Labute approximate surface area is 146 Å². The van der Waals surface area contributed by atoms with Gasteiger partial charge in [-0.25, -0.2) is 0 Å². The van der Waals surface area contributed by atoms with E-state index in [-0.39, 0.29) is 11.3 Å². The van der Waals surface area contributed by atoms with E-state index in [0.717, 1.165) is 13.1 Å². The molecule has 138 valence electrons. The number of hydrogen-bond acceptors (Lipinski definition) is 7. The average Bonchev–Trinajstić information content (AvgIpc) is 2.61. The molecule has 0 aromatic heterocycles. The summed E-state index contributed by atoms with van der Waals surface area (Å²) < 4.78 is 10.5. The zero-order valence-corrected chi connectivity index (χ0v) is 14.8. The van der Waals surface area contributed by atoms with Gasteiger partial charge in [0.25, 0.3) is 11.6 Å². The van der Waals surface area contributed by atoms with Gasteiger partial charge >= 0.3 is 0 Å². The Morgan fingerprint density at radius 3 is 2.64 bits per heavy atom. The molecule has 9 heteroatoms. The fraction of sp³-hybridized carbons (Fsp3) is 0.562. The van der Waals surface area contributed by atoms with Gasteiger partial charge in [0.2, 0.25) is 0 Å². The number of nitrogens with zero attached hydrogens (tertiary/aromatic N) is 3. The maximum absolute atomic E-state index is 12.5. The molecule has 1 saturated heterocycles. The van der Waals surface area contributed by atoms with Crippen molar-refractivity contribution in [3.05, 3.63) is 27.8 Å². The second-order valence-corrected chi connectivity index (χ2v) is 5.90. The largest absolute Gasteiger partial charge is 0.496 e. The molecule has 1 amide bonds. The van der Waals surface area contributed by atoms with Crippen LogP contribution in [0.15, 0.2) is 12.1 Å². The number of nitro benzene ring substituents is 1. The summed E-state index contributed by atoms with van der Waals surface area (Å²) in [7, 11) is 4.83. The highest BCUT2D eigenvalue weighted by molar-refractivity contribution is 5.98. The first kappa shape index (κ1) is 18.9. The van der Waals surface area contributed by atoms with Gasteiger partial charge in [-0.2, -0.15) is 0 Å². The van der Waals surface area contributed by atoms with Crippen molar-refractivity contribution < 1.29 is 19.2 Å². The summed E-state index contributed by atoms with van der Waals surface area (Å²) in [6, 6.07) is 2.77. The lowest BCUT2D eigenvalue weighted by atomic mass is 10.1. The molecular weight excluding hydrogens is 328 g/mol. The summed E-state index contributed by atoms with van der Waals surface area (Å²) in [6.07, 6.45) is 0. The van der Waals surface area contributed by atoms with Crippen LogP contribution in [0.3, 0.4) is 0 Å². The van der Waals surface area contributed by atoms with Crippen LogP contribution < -0.4 is 15.0 Å². The van der Waals surface area contributed by atoms with Crippen LogP contribution in [-0.4, -0.2) is 76.3 Å². The molecule has 1 aromatic rings. The minimum absolute atomic E-state index is 0.135. The van der Waals surface area contributed by atoms with Gasteiger partial charge in [-0.15, -0.1) is 0 Å². The van der Waals surface area contributed by atoms with E-state index in [4.69, 9.17) is 9.47 Å². The number of rotatable bonds is 7. The first-order chi connectivity index (χ1) is 11.9. The third kappa shape index (κ3) is 4.80. The molecule has 0 atom stereocenters. The Kier molecular flexibility index (Phi) is 6.54. The summed E-state index contributed by atoms with van der Waals surface area (Å²) in [5, 5.41) is 14.1. The topological polar surface area (TPSA) is 97.2 Å². The third-order valence-electron chi connectivity index (χ3n) is 4.04. The number of methoxy groups -OCH3 is 1. The Morgan fingerprint density at radius 2 is 2.08 bits per heavy atom. The molecule has 1 heterocycles. The molecule has 1 aromatic carbocycles. The normalized spacial score (nSPS) is 14.8. The van der Waals surface area contributed by atoms with Crippen molar-refractivity contribution >= 4 is 17.3 Å². The Balaban J connectivity index is 2.11. The highest BCUT2D eigenvalue weighted by atomic mass is 16.6. The zero-order chi connectivity index (χ0) is 18.4. The number of nitrogens with one attached hydrogen (secondary N) is 1. The number of amides is 1. The molecular formula is C16H24N4O5. The van der Waals surface area contributed by atoms with Gasteiger partial charge in [-0.1, -0.05) is 0 Å². The Hall–Kier alpha value is -2.39. The van der Waals surface area contributed by atoms with E-state index in [1.54, 1.807) is 19.0 Å². The smallest absolute Gasteiger partial charge is 0.293 e. The van der Waals surface area contributed by atoms with E-state index < -0.39 is 10.8 Å². The van der Waals surface area contributed by atoms with Gasteiger partial charge in [0, 0.05) is 52.4 Å². The predicted molar refractivity (Wildman–Crippen MR) is 93.6 cm³/mol. The van der Waals surface area contributed by atoms with Crippen molar-refractivity contribution in [1.82, 2.24) is 10.2 Å². The van der Waals surface area contributed by atoms with E-state index in [1.807, 2.05) is 0 Å². The standard InChI is InChI=1S/C16H24N4O5/c1-18(2)13-11-15(24-3)12(10-14(13)20(22)23)16(21)17-4-5-19-6-8-25-9-7-19/h10-11H,4-9H2,1-3H3,(H,17,21). The van der Waals surface area contributed by atoms with Crippen molar-refractivity contribution in [2.24, 2.45) is 0 Å². The maximum atomic E-state index is 12.5. The number of morpholine rings is 1. The summed E-state index contributed by atoms with van der Waals surface area (Å²) in [6.45, 7) is 4.21. The Morgan fingerprint density at radius 1 is 1.40 bits per heavy atom. The van der Waals surface area contributed by atoms with Crippen molar-refractivity contribution in [2.75, 3.05) is 65.5 Å². The molecule has 0 bridgehead atoms. The second-order valence-electron chi connectivity index (χ2n) is 5.90. The molecule has 2 rings (SSSR count). The van der Waals surface area contributed by atoms with Crippen molar-refractivity contribution in [1.29, 1.82) is 0 Å². The van der Waals surface area contributed by atoms with Crippen LogP contribution in [-0.2, 0) is 4.74 Å². The van der Waals surface area contributed by atoms with E-state index in [2.05, 4.69) is 10.2 Å². The number of anilines is 1. The number of carbonyl (C=O) groups excluding carboxylic acids is 1. The van der Waals surface area contributed by atoms with E-state index >= 15 is 0 Å². The fourth-order valence-corrected chi connectivity index (χ4v) is 2.66. The van der Waals surface area contributed by atoms with Crippen LogP contribution >= 0.6 is 0 Å². The number of carbonyl (C=O) groups is 1. The molecule has 1 aliphatic rings. The first-order valence-corrected chi connectivity index (χ1v) is 8.06. The van der Waals surface area contributed by atoms with E-state index in [9.17, 15) is 14.9 Å². The van der Waals surface area contributed by atoms with Crippen LogP contribution in [0.2, 0.25) is 0 Å². The molecule has 1 aliphatic heterocycles. The summed E-state index contributed by atoms with van der Waals surface area (Å²) in [5.74, 6) is -0.0864. The van der Waals surface area contributed by atoms with Crippen LogP contribution in [0.5, 0.6) is 5.75 Å². The molecule has 0 unspecified atom stereocenters. The lowest BCUT2D eigenvalue weighted by Crippen LogP contribution is -2.41. The van der Waals surface area contributed by atoms with E-state index in [0.29, 0.717) is 37.7 Å². The van der Waals surface area contributed by atoms with Crippen molar-refractivity contribution in [3.63, 3.8) is 0 Å². The van der Waals surface area contributed by atoms with Crippen LogP contribution in [0.25, 0.3) is 0 Å². The van der Waals surface area contributed by atoms with Crippen LogP contribution in [0.4, 0.5) is 11.4 Å². The van der Waals surface area contributed by atoms with Gasteiger partial charge in [0.15, 0.2) is 0 Å². The summed E-state index contributed by atoms with van der Waals surface area (Å²) in [5.41, 5.74) is 0.401. The highest BCUT2D eigenvalue weighted by Gasteiger charge is 2.23. The molecule has 1 fully saturated rings. The number of hydrogen-bond donors (Lipinski definition) is 1. The minimum atomic E-state index is -0.501. The summed E-state index contributed by atoms with van der Waals surface area (Å²) in [4.78, 5) is 27.1. The number of benzene rings is 1. The molecule has 0 spiro atoms. The fourth-order valence-electron chi connectivity index (χ4n) is 2.66. The van der Waals surface area contributed by atoms with E-state index in [1.165, 1.54) is 19.2 Å². The summed E-state index contributed by atoms with van der Waals surface area (Å²) >= 11 is 0. The van der Waals surface area contributed by atoms with Crippen LogP contribution in [0.1, 0.15) is 10.4 Å². The van der Waals surface area contributed by atoms with Gasteiger partial charge in [-0.05, 0) is 0 Å². The second kappa shape index (κ2) is 8.63. The quantitative estimate of drug-likeness (QED) is 0.571. The Bertz CT molecular complexity index is 629. The molecule has 0 saturated carbocycles. The average molecular weight is 352 g/mol.